The molecule has 3 aromatic carbocycles. The first-order chi connectivity index (χ1) is 20.0. The highest BCUT2D eigenvalue weighted by Gasteiger charge is 2.43. The molecule has 1 atom stereocenters. The fourth-order valence-electron chi connectivity index (χ4n) is 4.44. The molecule has 212 valence electrons. The topological polar surface area (TPSA) is 105 Å². The summed E-state index contributed by atoms with van der Waals surface area (Å²) < 4.78 is 23.2. The summed E-state index contributed by atoms with van der Waals surface area (Å²) >= 11 is 0. The lowest BCUT2D eigenvalue weighted by Gasteiger charge is -2.31. The fourth-order valence-corrected chi connectivity index (χ4v) is 4.44. The van der Waals surface area contributed by atoms with Crippen LogP contribution in [0.2, 0.25) is 0 Å². The van der Waals surface area contributed by atoms with Crippen LogP contribution in [-0.4, -0.2) is 48.6 Å². The zero-order chi connectivity index (χ0) is 29.1. The molecule has 1 N–H and O–H groups in total. The van der Waals surface area contributed by atoms with Gasteiger partial charge in [-0.2, -0.15) is 0 Å². The maximum atomic E-state index is 13.4. The number of aromatic nitrogens is 1. The van der Waals surface area contributed by atoms with Gasteiger partial charge in [0.2, 0.25) is 0 Å². The van der Waals surface area contributed by atoms with Crippen molar-refractivity contribution in [2.24, 2.45) is 0 Å². The van der Waals surface area contributed by atoms with E-state index in [4.69, 9.17) is 18.9 Å². The molecule has 9 nitrogen and oxygen atoms in total. The molecule has 1 heterocycles. The normalized spacial score (nSPS) is 12.2. The van der Waals surface area contributed by atoms with Gasteiger partial charge in [0.1, 0.15) is 19.8 Å². The SMILES string of the molecule is C=CCOC(=O)[C@@](COC)(Cc1cn(C(=O)OCc2ccccc2)c2ccccc12)NC(=O)OCc1ccccc1. The van der Waals surface area contributed by atoms with Gasteiger partial charge in [0.05, 0.1) is 12.1 Å². The van der Waals surface area contributed by atoms with Gasteiger partial charge in [0.25, 0.3) is 0 Å². The number of nitrogens with one attached hydrogen (secondary N) is 1. The number of carbonyl (C=O) groups excluding carboxylic acids is 3. The van der Waals surface area contributed by atoms with Crippen LogP contribution >= 0.6 is 0 Å². The second kappa shape index (κ2) is 14.0. The van der Waals surface area contributed by atoms with Crippen LogP contribution in [-0.2, 0) is 43.4 Å². The molecule has 0 unspecified atom stereocenters. The molecule has 4 aromatic rings. The molecule has 1 amide bonds. The predicted octanol–water partition coefficient (Wildman–Crippen LogP) is 5.41. The van der Waals surface area contributed by atoms with Gasteiger partial charge in [-0.05, 0) is 22.8 Å². The third-order valence-corrected chi connectivity index (χ3v) is 6.36. The van der Waals surface area contributed by atoms with Crippen molar-refractivity contribution in [2.45, 2.75) is 25.2 Å². The van der Waals surface area contributed by atoms with Crippen LogP contribution < -0.4 is 5.32 Å². The molecule has 0 saturated carbocycles. The minimum atomic E-state index is -1.67. The number of methoxy groups -OCH3 is 1. The molecule has 0 bridgehead atoms. The summed E-state index contributed by atoms with van der Waals surface area (Å²) in [6.07, 6.45) is 1.56. The Bertz CT molecular complexity index is 1480. The van der Waals surface area contributed by atoms with Gasteiger partial charge < -0.3 is 24.3 Å². The van der Waals surface area contributed by atoms with Crippen molar-refractivity contribution in [3.8, 4) is 0 Å². The first-order valence-corrected chi connectivity index (χ1v) is 13.0. The van der Waals surface area contributed by atoms with E-state index in [0.29, 0.717) is 16.5 Å². The number of carbonyl (C=O) groups is 3. The minimum absolute atomic E-state index is 0.00397. The molecular weight excluding hydrogens is 524 g/mol. The molecule has 0 aliphatic rings. The number of esters is 1. The summed E-state index contributed by atoms with van der Waals surface area (Å²) in [7, 11) is 1.41. The Morgan fingerprint density at radius 3 is 2.10 bits per heavy atom. The summed E-state index contributed by atoms with van der Waals surface area (Å²) in [6, 6.07) is 25.7. The van der Waals surface area contributed by atoms with Crippen molar-refractivity contribution in [3.05, 3.63) is 120 Å². The number of benzene rings is 3. The van der Waals surface area contributed by atoms with Gasteiger partial charge in [-0.1, -0.05) is 91.5 Å². The van der Waals surface area contributed by atoms with Gasteiger partial charge in [-0.25, -0.2) is 14.4 Å². The van der Waals surface area contributed by atoms with Crippen molar-refractivity contribution in [1.82, 2.24) is 9.88 Å². The van der Waals surface area contributed by atoms with E-state index in [2.05, 4.69) is 11.9 Å². The van der Waals surface area contributed by atoms with E-state index in [0.717, 1.165) is 11.1 Å². The maximum absolute atomic E-state index is 13.4. The lowest BCUT2D eigenvalue weighted by Crippen LogP contribution is -2.60. The quantitative estimate of drug-likeness (QED) is 0.141. The fraction of sp³-hybridized carbons (Fsp3) is 0.219. The lowest BCUT2D eigenvalue weighted by molar-refractivity contribution is -0.152. The Morgan fingerprint density at radius 1 is 0.854 bits per heavy atom. The lowest BCUT2D eigenvalue weighted by atomic mass is 9.91. The molecule has 1 aromatic heterocycles. The zero-order valence-electron chi connectivity index (χ0n) is 22.8. The molecule has 0 aliphatic carbocycles. The number of fused-ring (bicyclic) bond motifs is 1. The molecule has 0 fully saturated rings. The number of nitrogens with zero attached hydrogens (tertiary/aromatic N) is 1. The van der Waals surface area contributed by atoms with Crippen molar-refractivity contribution < 1.29 is 33.3 Å². The van der Waals surface area contributed by atoms with E-state index in [1.165, 1.54) is 17.8 Å². The minimum Gasteiger partial charge on any atom is -0.460 e. The predicted molar refractivity (Wildman–Crippen MR) is 153 cm³/mol. The molecule has 0 saturated heterocycles. The van der Waals surface area contributed by atoms with Crippen LogP contribution in [0, 0.1) is 0 Å². The molecule has 4 rings (SSSR count). The van der Waals surface area contributed by atoms with E-state index >= 15 is 0 Å². The Labute approximate surface area is 238 Å². The van der Waals surface area contributed by atoms with Crippen LogP contribution in [0.25, 0.3) is 10.9 Å². The van der Waals surface area contributed by atoms with E-state index < -0.39 is 23.7 Å². The number of alkyl carbamates (subject to hydrolysis) is 1. The second-order valence-corrected chi connectivity index (χ2v) is 9.35. The standard InChI is InChI=1S/C32H32N2O7/c1-3-18-39-29(35)32(23-38-2,33-30(36)40-21-24-12-6-4-7-13-24)19-26-20-34(28-17-11-10-16-27(26)28)31(37)41-22-25-14-8-5-9-15-25/h3-17,20H,1,18-19,21-23H2,2H3,(H,33,36)/t32-/m0/s1. The van der Waals surface area contributed by atoms with Crippen LogP contribution in [0.4, 0.5) is 9.59 Å². The Hall–Kier alpha value is -4.89. The summed E-state index contributed by atoms with van der Waals surface area (Å²) in [5, 5.41) is 3.38. The third kappa shape index (κ3) is 7.40. The highest BCUT2D eigenvalue weighted by atomic mass is 16.6. The third-order valence-electron chi connectivity index (χ3n) is 6.36. The van der Waals surface area contributed by atoms with Crippen molar-refractivity contribution in [2.75, 3.05) is 20.3 Å². The van der Waals surface area contributed by atoms with Gasteiger partial charge in [0.15, 0.2) is 5.54 Å². The van der Waals surface area contributed by atoms with E-state index in [1.54, 1.807) is 18.3 Å². The Morgan fingerprint density at radius 2 is 1.46 bits per heavy atom. The van der Waals surface area contributed by atoms with Gasteiger partial charge in [-0.15, -0.1) is 0 Å². The molecule has 0 spiro atoms. The van der Waals surface area contributed by atoms with Crippen LogP contribution in [0.1, 0.15) is 16.7 Å². The second-order valence-electron chi connectivity index (χ2n) is 9.35. The smallest absolute Gasteiger partial charge is 0.418 e. The monoisotopic (exact) mass is 556 g/mol. The van der Waals surface area contributed by atoms with Crippen LogP contribution in [0.5, 0.6) is 0 Å². The number of hydrogen-bond donors (Lipinski definition) is 1. The Balaban J connectivity index is 1.63. The van der Waals surface area contributed by atoms with Gasteiger partial charge >= 0.3 is 18.2 Å². The first kappa shape index (κ1) is 29.1. The maximum Gasteiger partial charge on any atom is 0.418 e. The van der Waals surface area contributed by atoms with Crippen LogP contribution in [0.3, 0.4) is 0 Å². The van der Waals surface area contributed by atoms with Crippen molar-refractivity contribution >= 4 is 29.1 Å². The summed E-state index contributed by atoms with van der Waals surface area (Å²) in [6.45, 7) is 3.40. The highest BCUT2D eigenvalue weighted by Crippen LogP contribution is 2.27. The molecule has 0 radical (unpaired) electrons. The van der Waals surface area contributed by atoms with E-state index in [1.807, 2.05) is 72.8 Å². The Kier molecular flexibility index (Phi) is 9.90. The summed E-state index contributed by atoms with van der Waals surface area (Å²) in [5.74, 6) is -0.737. The summed E-state index contributed by atoms with van der Waals surface area (Å²) in [5.41, 5.74) is 1.13. The van der Waals surface area contributed by atoms with Gasteiger partial charge in [-0.3, -0.25) is 4.57 Å². The van der Waals surface area contributed by atoms with E-state index in [-0.39, 0.29) is 32.8 Å². The van der Waals surface area contributed by atoms with Crippen LogP contribution in [0.15, 0.2) is 104 Å². The van der Waals surface area contributed by atoms with Crippen molar-refractivity contribution in [3.63, 3.8) is 0 Å². The van der Waals surface area contributed by atoms with Gasteiger partial charge in [0, 0.05) is 25.1 Å². The number of ether oxygens (including phenoxy) is 4. The molecular formula is C32H32N2O7. The number of para-hydroxylation sites is 1. The molecule has 0 aliphatic heterocycles. The number of hydrogen-bond acceptors (Lipinski definition) is 7. The summed E-state index contributed by atoms with van der Waals surface area (Å²) in [4.78, 5) is 39.6. The molecule has 41 heavy (non-hydrogen) atoms. The molecule has 9 heteroatoms. The average molecular weight is 557 g/mol. The van der Waals surface area contributed by atoms with Crippen molar-refractivity contribution in [1.29, 1.82) is 0 Å². The zero-order valence-corrected chi connectivity index (χ0v) is 22.8. The largest absolute Gasteiger partial charge is 0.460 e. The first-order valence-electron chi connectivity index (χ1n) is 13.0. The number of amides is 1. The van der Waals surface area contributed by atoms with E-state index in [9.17, 15) is 14.4 Å². The average Bonchev–Trinajstić information content (AvgIpc) is 3.36. The highest BCUT2D eigenvalue weighted by molar-refractivity contribution is 5.93. The number of rotatable bonds is 12.